The fourth-order valence-corrected chi connectivity index (χ4v) is 2.15. The Balaban J connectivity index is 2.04. The van der Waals surface area contributed by atoms with Crippen LogP contribution in [0.2, 0.25) is 5.02 Å². The molecule has 2 N–H and O–H groups in total. The van der Waals surface area contributed by atoms with Crippen molar-refractivity contribution in [2.24, 2.45) is 5.92 Å². The maximum atomic E-state index is 12.1. The van der Waals surface area contributed by atoms with Gasteiger partial charge in [-0.15, -0.1) is 0 Å². The van der Waals surface area contributed by atoms with Gasteiger partial charge in [0.25, 0.3) is 5.91 Å². The molecule has 0 unspecified atom stereocenters. The molecule has 0 radical (unpaired) electrons. The van der Waals surface area contributed by atoms with Gasteiger partial charge >= 0.3 is 0 Å². The molecule has 1 fully saturated rings. The number of halogens is 1. The second-order valence-corrected chi connectivity index (χ2v) is 4.85. The summed E-state index contributed by atoms with van der Waals surface area (Å²) in [5, 5.41) is 19.3. The van der Waals surface area contributed by atoms with Crippen LogP contribution in [0.25, 0.3) is 0 Å². The van der Waals surface area contributed by atoms with Gasteiger partial charge in [-0.25, -0.2) is 4.98 Å². The molecule has 0 bridgehead atoms. The summed E-state index contributed by atoms with van der Waals surface area (Å²) >= 11 is 5.71. The normalized spacial score (nSPS) is 24.1. The van der Waals surface area contributed by atoms with E-state index in [1.54, 1.807) is 17.0 Å². The number of amides is 1. The summed E-state index contributed by atoms with van der Waals surface area (Å²) in [7, 11) is 0. The van der Waals surface area contributed by atoms with Gasteiger partial charge in [0.1, 0.15) is 5.69 Å². The number of pyridine rings is 1. The van der Waals surface area contributed by atoms with Gasteiger partial charge < -0.3 is 15.1 Å². The van der Waals surface area contributed by atoms with Crippen LogP contribution >= 0.6 is 11.6 Å². The number of carbonyl (C=O) groups excluding carboxylic acids is 1. The Bertz CT molecular complexity index is 424. The molecule has 1 aliphatic rings. The summed E-state index contributed by atoms with van der Waals surface area (Å²) in [5.41, 5.74) is 0.314. The SMILES string of the molecule is O=C(c1ccc(Cl)cn1)N1CC[C@@H](CO)[C@H](O)C1. The topological polar surface area (TPSA) is 73.7 Å². The van der Waals surface area contributed by atoms with Gasteiger partial charge in [-0.1, -0.05) is 11.6 Å². The predicted molar refractivity (Wildman–Crippen MR) is 66.4 cm³/mol. The van der Waals surface area contributed by atoms with Crippen molar-refractivity contribution in [3.05, 3.63) is 29.0 Å². The Morgan fingerprint density at radius 3 is 2.89 bits per heavy atom. The van der Waals surface area contributed by atoms with E-state index in [0.717, 1.165) is 0 Å². The van der Waals surface area contributed by atoms with Gasteiger partial charge in [-0.05, 0) is 18.6 Å². The zero-order valence-corrected chi connectivity index (χ0v) is 10.5. The molecule has 2 heterocycles. The number of aliphatic hydroxyl groups excluding tert-OH is 2. The number of hydrogen-bond donors (Lipinski definition) is 2. The number of aliphatic hydroxyl groups is 2. The molecule has 0 aliphatic carbocycles. The number of nitrogens with zero attached hydrogens (tertiary/aromatic N) is 2. The average molecular weight is 271 g/mol. The summed E-state index contributed by atoms with van der Waals surface area (Å²) in [6.07, 6.45) is 1.34. The van der Waals surface area contributed by atoms with Crippen molar-refractivity contribution in [2.45, 2.75) is 12.5 Å². The monoisotopic (exact) mass is 270 g/mol. The van der Waals surface area contributed by atoms with Crippen LogP contribution in [0, 0.1) is 5.92 Å². The Morgan fingerprint density at radius 2 is 2.33 bits per heavy atom. The van der Waals surface area contributed by atoms with Crippen molar-refractivity contribution in [3.8, 4) is 0 Å². The van der Waals surface area contributed by atoms with Crippen molar-refractivity contribution in [1.29, 1.82) is 0 Å². The first-order chi connectivity index (χ1) is 8.61. The Labute approximate surface area is 110 Å². The highest BCUT2D eigenvalue weighted by molar-refractivity contribution is 6.30. The van der Waals surface area contributed by atoms with Crippen LogP contribution in [0.15, 0.2) is 18.3 Å². The Hall–Kier alpha value is -1.17. The molecule has 98 valence electrons. The summed E-state index contributed by atoms with van der Waals surface area (Å²) in [6.45, 7) is 0.697. The highest BCUT2D eigenvalue weighted by atomic mass is 35.5. The molecule has 2 rings (SSSR count). The maximum absolute atomic E-state index is 12.1. The van der Waals surface area contributed by atoms with Crippen LogP contribution in [-0.4, -0.2) is 51.8 Å². The number of hydrogen-bond acceptors (Lipinski definition) is 4. The van der Waals surface area contributed by atoms with E-state index in [1.807, 2.05) is 0 Å². The Kier molecular flexibility index (Phi) is 4.16. The zero-order chi connectivity index (χ0) is 13.1. The average Bonchev–Trinajstić information content (AvgIpc) is 2.38. The van der Waals surface area contributed by atoms with Crippen molar-refractivity contribution >= 4 is 17.5 Å². The van der Waals surface area contributed by atoms with Gasteiger partial charge in [-0.2, -0.15) is 0 Å². The van der Waals surface area contributed by atoms with Crippen LogP contribution < -0.4 is 0 Å². The third-order valence-electron chi connectivity index (χ3n) is 3.19. The molecule has 1 aromatic rings. The molecule has 1 saturated heterocycles. The predicted octanol–water partition coefficient (Wildman–Crippen LogP) is 0.550. The molecular weight excluding hydrogens is 256 g/mol. The molecule has 6 heteroatoms. The first-order valence-electron chi connectivity index (χ1n) is 5.81. The molecule has 2 atom stereocenters. The van der Waals surface area contributed by atoms with E-state index in [2.05, 4.69) is 4.98 Å². The summed E-state index contributed by atoms with van der Waals surface area (Å²) in [6, 6.07) is 3.17. The lowest BCUT2D eigenvalue weighted by molar-refractivity contribution is 0.000660. The van der Waals surface area contributed by atoms with E-state index in [1.165, 1.54) is 6.20 Å². The lowest BCUT2D eigenvalue weighted by atomic mass is 9.94. The van der Waals surface area contributed by atoms with Crippen LogP contribution in [0.3, 0.4) is 0 Å². The van der Waals surface area contributed by atoms with Crippen LogP contribution in [0.4, 0.5) is 0 Å². The number of piperidine rings is 1. The maximum Gasteiger partial charge on any atom is 0.272 e. The minimum absolute atomic E-state index is 0.0532. The lowest BCUT2D eigenvalue weighted by Gasteiger charge is -2.34. The largest absolute Gasteiger partial charge is 0.396 e. The van der Waals surface area contributed by atoms with Gasteiger partial charge in [0.15, 0.2) is 0 Å². The van der Waals surface area contributed by atoms with Crippen LogP contribution in [0.1, 0.15) is 16.9 Å². The minimum atomic E-state index is -0.681. The van der Waals surface area contributed by atoms with Crippen molar-refractivity contribution in [1.82, 2.24) is 9.88 Å². The van der Waals surface area contributed by atoms with E-state index < -0.39 is 6.10 Å². The first-order valence-corrected chi connectivity index (χ1v) is 6.19. The van der Waals surface area contributed by atoms with Crippen molar-refractivity contribution in [3.63, 3.8) is 0 Å². The molecule has 1 aromatic heterocycles. The van der Waals surface area contributed by atoms with E-state index in [9.17, 15) is 9.90 Å². The molecule has 1 amide bonds. The first kappa shape index (κ1) is 13.3. The van der Waals surface area contributed by atoms with Gasteiger partial charge in [0.05, 0.1) is 11.1 Å². The number of carbonyl (C=O) groups is 1. The van der Waals surface area contributed by atoms with Crippen molar-refractivity contribution in [2.75, 3.05) is 19.7 Å². The Morgan fingerprint density at radius 1 is 1.56 bits per heavy atom. The van der Waals surface area contributed by atoms with Crippen LogP contribution in [-0.2, 0) is 0 Å². The van der Waals surface area contributed by atoms with Crippen LogP contribution in [0.5, 0.6) is 0 Å². The standard InChI is InChI=1S/C12H15ClN2O3/c13-9-1-2-10(14-5-9)12(18)15-4-3-8(7-16)11(17)6-15/h1-2,5,8,11,16-17H,3-4,6-7H2/t8-,11+/m0/s1. The van der Waals surface area contributed by atoms with E-state index in [-0.39, 0.29) is 25.0 Å². The smallest absolute Gasteiger partial charge is 0.272 e. The van der Waals surface area contributed by atoms with E-state index in [0.29, 0.717) is 23.7 Å². The van der Waals surface area contributed by atoms with Gasteiger partial charge in [-0.3, -0.25) is 4.79 Å². The molecule has 1 aliphatic heterocycles. The number of rotatable bonds is 2. The van der Waals surface area contributed by atoms with Gasteiger partial charge in [0, 0.05) is 31.8 Å². The highest BCUT2D eigenvalue weighted by Crippen LogP contribution is 2.19. The number of aromatic nitrogens is 1. The fraction of sp³-hybridized carbons (Fsp3) is 0.500. The molecule has 18 heavy (non-hydrogen) atoms. The summed E-state index contributed by atoms with van der Waals surface area (Å²) in [4.78, 5) is 17.6. The molecule has 0 aromatic carbocycles. The quantitative estimate of drug-likeness (QED) is 0.823. The molecule has 0 saturated carbocycles. The molecular formula is C12H15ClN2O3. The summed E-state index contributed by atoms with van der Waals surface area (Å²) in [5.74, 6) is -0.366. The van der Waals surface area contributed by atoms with E-state index in [4.69, 9.17) is 16.7 Å². The zero-order valence-electron chi connectivity index (χ0n) is 9.79. The third kappa shape index (κ3) is 2.80. The third-order valence-corrected chi connectivity index (χ3v) is 3.41. The second kappa shape index (κ2) is 5.65. The minimum Gasteiger partial charge on any atom is -0.396 e. The van der Waals surface area contributed by atoms with Gasteiger partial charge in [0.2, 0.25) is 0 Å². The number of β-amino-alcohol motifs (C(OH)–C–C–N with tert-alkyl or cyclic N) is 1. The highest BCUT2D eigenvalue weighted by Gasteiger charge is 2.30. The number of likely N-dealkylation sites (tertiary alicyclic amines) is 1. The fourth-order valence-electron chi connectivity index (χ4n) is 2.04. The van der Waals surface area contributed by atoms with E-state index >= 15 is 0 Å². The second-order valence-electron chi connectivity index (χ2n) is 4.41. The summed E-state index contributed by atoms with van der Waals surface area (Å²) < 4.78 is 0. The van der Waals surface area contributed by atoms with Crippen molar-refractivity contribution < 1.29 is 15.0 Å². The lowest BCUT2D eigenvalue weighted by Crippen LogP contribution is -2.47. The molecule has 5 nitrogen and oxygen atoms in total. The molecule has 0 spiro atoms.